The summed E-state index contributed by atoms with van der Waals surface area (Å²) in [6.07, 6.45) is 0. The zero-order valence-corrected chi connectivity index (χ0v) is 13.6. The molecule has 0 aliphatic heterocycles. The molecular formula is C16H17ClF2N2O3. The van der Waals surface area contributed by atoms with Crippen LogP contribution in [-0.4, -0.2) is 20.5 Å². The van der Waals surface area contributed by atoms with Crippen LogP contribution in [0.4, 0.5) is 20.2 Å². The van der Waals surface area contributed by atoms with Gasteiger partial charge in [0.05, 0.1) is 16.9 Å². The van der Waals surface area contributed by atoms with Crippen molar-refractivity contribution in [3.8, 4) is 11.5 Å². The number of anilines is 2. The third-order valence-corrected chi connectivity index (χ3v) is 3.34. The second kappa shape index (κ2) is 8.56. The molecule has 0 radical (unpaired) electrons. The van der Waals surface area contributed by atoms with E-state index in [1.165, 1.54) is 13.2 Å². The zero-order valence-electron chi connectivity index (χ0n) is 12.9. The van der Waals surface area contributed by atoms with Gasteiger partial charge in [-0.15, -0.1) is 0 Å². The summed E-state index contributed by atoms with van der Waals surface area (Å²) in [4.78, 5) is 0. The predicted molar refractivity (Wildman–Crippen MR) is 88.8 cm³/mol. The van der Waals surface area contributed by atoms with E-state index < -0.39 is 6.61 Å². The molecule has 0 aliphatic rings. The summed E-state index contributed by atoms with van der Waals surface area (Å²) in [5.41, 5.74) is 7.33. The van der Waals surface area contributed by atoms with Crippen LogP contribution in [0.2, 0.25) is 5.02 Å². The molecule has 0 saturated carbocycles. The summed E-state index contributed by atoms with van der Waals surface area (Å²) < 4.78 is 40.1. The maximum Gasteiger partial charge on any atom is 0.387 e. The first-order valence-electron chi connectivity index (χ1n) is 6.98. The Hall–Kier alpha value is -2.25. The fourth-order valence-electron chi connectivity index (χ4n) is 2.05. The van der Waals surface area contributed by atoms with Crippen molar-refractivity contribution in [2.45, 2.75) is 13.2 Å². The van der Waals surface area contributed by atoms with Gasteiger partial charge in [-0.25, -0.2) is 0 Å². The fraction of sp³-hybridized carbons (Fsp3) is 0.250. The van der Waals surface area contributed by atoms with Gasteiger partial charge in [0.2, 0.25) is 0 Å². The van der Waals surface area contributed by atoms with Gasteiger partial charge in [-0.05, 0) is 30.3 Å². The molecule has 0 fully saturated rings. The molecular weight excluding hydrogens is 342 g/mol. The van der Waals surface area contributed by atoms with Crippen LogP contribution in [0, 0.1) is 0 Å². The lowest BCUT2D eigenvalue weighted by molar-refractivity contribution is -0.0506. The third-order valence-electron chi connectivity index (χ3n) is 3.11. The fourth-order valence-corrected chi connectivity index (χ4v) is 2.22. The van der Waals surface area contributed by atoms with Crippen molar-refractivity contribution in [1.29, 1.82) is 0 Å². The number of nitrogens with one attached hydrogen (secondary N) is 1. The Balaban J connectivity index is 2.26. The van der Waals surface area contributed by atoms with Crippen molar-refractivity contribution in [2.24, 2.45) is 0 Å². The van der Waals surface area contributed by atoms with Crippen LogP contribution in [0.15, 0.2) is 36.4 Å². The Morgan fingerprint density at radius 3 is 2.67 bits per heavy atom. The molecule has 0 heterocycles. The smallest absolute Gasteiger partial charge is 0.387 e. The van der Waals surface area contributed by atoms with Crippen LogP contribution in [-0.2, 0) is 11.3 Å². The summed E-state index contributed by atoms with van der Waals surface area (Å²) in [6.45, 7) is -2.82. The second-order valence-corrected chi connectivity index (χ2v) is 5.18. The SMILES string of the molecule is COCOc1cccc(OC(F)F)c1CNc1cc(Cl)ccc1N. The Kier molecular flexibility index (Phi) is 6.45. The van der Waals surface area contributed by atoms with E-state index >= 15 is 0 Å². The molecule has 2 rings (SSSR count). The minimum Gasteiger partial charge on any atom is -0.467 e. The summed E-state index contributed by atoms with van der Waals surface area (Å²) in [5.74, 6) is 0.370. The molecule has 24 heavy (non-hydrogen) atoms. The first-order chi connectivity index (χ1) is 11.5. The normalized spacial score (nSPS) is 10.7. The lowest BCUT2D eigenvalue weighted by Crippen LogP contribution is -2.10. The van der Waals surface area contributed by atoms with Crippen molar-refractivity contribution >= 4 is 23.0 Å². The lowest BCUT2D eigenvalue weighted by Gasteiger charge is -2.17. The average Bonchev–Trinajstić information content (AvgIpc) is 2.54. The van der Waals surface area contributed by atoms with E-state index in [1.807, 2.05) is 0 Å². The minimum atomic E-state index is -2.95. The van der Waals surface area contributed by atoms with Crippen LogP contribution in [0.25, 0.3) is 0 Å². The second-order valence-electron chi connectivity index (χ2n) is 4.75. The van der Waals surface area contributed by atoms with Crippen LogP contribution < -0.4 is 20.5 Å². The summed E-state index contributed by atoms with van der Waals surface area (Å²) in [6, 6.07) is 9.57. The molecule has 0 aliphatic carbocycles. The van der Waals surface area contributed by atoms with E-state index in [1.54, 1.807) is 30.3 Å². The van der Waals surface area contributed by atoms with Gasteiger partial charge in [-0.2, -0.15) is 8.78 Å². The van der Waals surface area contributed by atoms with Crippen LogP contribution in [0.3, 0.4) is 0 Å². The van der Waals surface area contributed by atoms with Crippen LogP contribution >= 0.6 is 11.6 Å². The number of hydrogen-bond acceptors (Lipinski definition) is 5. The summed E-state index contributed by atoms with van der Waals surface area (Å²) >= 11 is 5.94. The molecule has 0 aromatic heterocycles. The molecule has 0 atom stereocenters. The van der Waals surface area contributed by atoms with Gasteiger partial charge in [0.15, 0.2) is 6.79 Å². The Morgan fingerprint density at radius 1 is 1.21 bits per heavy atom. The topological polar surface area (TPSA) is 65.7 Å². The predicted octanol–water partition coefficient (Wildman–Crippen LogP) is 4.12. The van der Waals surface area contributed by atoms with Gasteiger partial charge in [-0.3, -0.25) is 0 Å². The van der Waals surface area contributed by atoms with Gasteiger partial charge >= 0.3 is 6.61 Å². The third kappa shape index (κ3) is 4.87. The van der Waals surface area contributed by atoms with Crippen molar-refractivity contribution in [3.05, 3.63) is 47.0 Å². The van der Waals surface area contributed by atoms with Crippen molar-refractivity contribution in [1.82, 2.24) is 0 Å². The number of alkyl halides is 2. The highest BCUT2D eigenvalue weighted by Crippen LogP contribution is 2.32. The number of nitrogens with two attached hydrogens (primary N) is 1. The molecule has 0 amide bonds. The summed E-state index contributed by atoms with van der Waals surface area (Å²) in [5, 5.41) is 3.55. The van der Waals surface area contributed by atoms with Crippen LogP contribution in [0.5, 0.6) is 11.5 Å². The lowest BCUT2D eigenvalue weighted by atomic mass is 10.1. The Labute approximate surface area is 143 Å². The molecule has 3 N–H and O–H groups in total. The summed E-state index contributed by atoms with van der Waals surface area (Å²) in [7, 11) is 1.46. The highest BCUT2D eigenvalue weighted by Gasteiger charge is 2.15. The van der Waals surface area contributed by atoms with Crippen molar-refractivity contribution in [3.63, 3.8) is 0 Å². The van der Waals surface area contributed by atoms with Gasteiger partial charge in [-0.1, -0.05) is 17.7 Å². The van der Waals surface area contributed by atoms with Gasteiger partial charge in [0.25, 0.3) is 0 Å². The maximum absolute atomic E-state index is 12.6. The van der Waals surface area contributed by atoms with E-state index in [-0.39, 0.29) is 19.1 Å². The highest BCUT2D eigenvalue weighted by atomic mass is 35.5. The number of hydrogen-bond donors (Lipinski definition) is 2. The van der Waals surface area contributed by atoms with Crippen molar-refractivity contribution < 1.29 is 23.0 Å². The highest BCUT2D eigenvalue weighted by molar-refractivity contribution is 6.31. The molecule has 0 unspecified atom stereocenters. The number of halogens is 3. The number of nitrogen functional groups attached to an aromatic ring is 1. The number of methoxy groups -OCH3 is 1. The van der Waals surface area contributed by atoms with Crippen LogP contribution in [0.1, 0.15) is 5.56 Å². The zero-order chi connectivity index (χ0) is 17.5. The minimum absolute atomic E-state index is 0.00621. The molecule has 0 spiro atoms. The van der Waals surface area contributed by atoms with Gasteiger partial charge in [0.1, 0.15) is 11.5 Å². The molecule has 5 nitrogen and oxygen atoms in total. The Bertz CT molecular complexity index is 686. The molecule has 2 aromatic carbocycles. The number of benzene rings is 2. The van der Waals surface area contributed by atoms with E-state index in [4.69, 9.17) is 26.8 Å². The molecule has 0 bridgehead atoms. The largest absolute Gasteiger partial charge is 0.467 e. The average molecular weight is 359 g/mol. The molecule has 8 heteroatoms. The monoisotopic (exact) mass is 358 g/mol. The van der Waals surface area contributed by atoms with E-state index in [0.29, 0.717) is 27.7 Å². The maximum atomic E-state index is 12.6. The van der Waals surface area contributed by atoms with Crippen molar-refractivity contribution in [2.75, 3.05) is 25.0 Å². The van der Waals surface area contributed by atoms with E-state index in [9.17, 15) is 8.78 Å². The van der Waals surface area contributed by atoms with E-state index in [0.717, 1.165) is 0 Å². The standard InChI is InChI=1S/C16H17ClF2N2O3/c1-22-9-23-14-3-2-4-15(24-16(18)19)11(14)8-21-13-7-10(17)5-6-12(13)20/h2-7,16,21H,8-9,20H2,1H3. The number of rotatable bonds is 8. The van der Waals surface area contributed by atoms with Gasteiger partial charge in [0, 0.05) is 18.7 Å². The molecule has 130 valence electrons. The van der Waals surface area contributed by atoms with E-state index in [2.05, 4.69) is 10.1 Å². The Morgan fingerprint density at radius 2 is 1.96 bits per heavy atom. The quantitative estimate of drug-likeness (QED) is 0.549. The van der Waals surface area contributed by atoms with Gasteiger partial charge < -0.3 is 25.3 Å². The first-order valence-corrected chi connectivity index (χ1v) is 7.36. The first kappa shape index (κ1) is 18.1. The molecule has 0 saturated heterocycles. The number of ether oxygens (including phenoxy) is 3. The molecule has 2 aromatic rings.